The van der Waals surface area contributed by atoms with E-state index in [2.05, 4.69) is 0 Å². The Morgan fingerprint density at radius 2 is 1.53 bits per heavy atom. The van der Waals surface area contributed by atoms with Gasteiger partial charge in [-0.25, -0.2) is 4.57 Å². The second-order valence-corrected chi connectivity index (χ2v) is 6.46. The van der Waals surface area contributed by atoms with Gasteiger partial charge in [0.05, 0.1) is 5.30 Å². The predicted octanol–water partition coefficient (Wildman–Crippen LogP) is 3.50. The van der Waals surface area contributed by atoms with Crippen LogP contribution >= 0.6 is 7.60 Å². The van der Waals surface area contributed by atoms with Gasteiger partial charge in [-0.1, -0.05) is 35.4 Å². The number of aryl methyl sites for hydroxylation is 3. The first-order valence-electron chi connectivity index (χ1n) is 6.05. The Balaban J connectivity index is 2.30. The van der Waals surface area contributed by atoms with Crippen molar-refractivity contribution in [3.63, 3.8) is 0 Å². The molecule has 1 atom stereocenters. The Hall–Kier alpha value is -1.57. The molecule has 2 rings (SSSR count). The highest BCUT2D eigenvalue weighted by Crippen LogP contribution is 2.42. The van der Waals surface area contributed by atoms with E-state index in [-0.39, 0.29) is 0 Å². The SMILES string of the molecule is Cc1ccc(P(=O)(O)Oc2ccc(C)cc2C)cc1. The smallest absolute Gasteiger partial charge is 0.408 e. The van der Waals surface area contributed by atoms with E-state index in [4.69, 9.17) is 4.52 Å². The van der Waals surface area contributed by atoms with Crippen LogP contribution in [0, 0.1) is 20.8 Å². The summed E-state index contributed by atoms with van der Waals surface area (Å²) in [5.74, 6) is 0.442. The van der Waals surface area contributed by atoms with Gasteiger partial charge in [-0.3, -0.25) is 0 Å². The Morgan fingerprint density at radius 1 is 0.947 bits per heavy atom. The lowest BCUT2D eigenvalue weighted by molar-refractivity contribution is 0.392. The van der Waals surface area contributed by atoms with Crippen molar-refractivity contribution < 1.29 is 14.0 Å². The van der Waals surface area contributed by atoms with Crippen LogP contribution in [0.3, 0.4) is 0 Å². The fourth-order valence-corrected chi connectivity index (χ4v) is 2.92. The molecule has 0 heterocycles. The summed E-state index contributed by atoms with van der Waals surface area (Å²) in [5.41, 5.74) is 2.98. The van der Waals surface area contributed by atoms with Crippen molar-refractivity contribution in [3.05, 3.63) is 59.2 Å². The van der Waals surface area contributed by atoms with E-state index in [1.807, 2.05) is 32.9 Å². The molecule has 0 saturated heterocycles. The Morgan fingerprint density at radius 3 is 2.11 bits per heavy atom. The van der Waals surface area contributed by atoms with Crippen LogP contribution in [0.5, 0.6) is 5.75 Å². The highest BCUT2D eigenvalue weighted by atomic mass is 31.2. The van der Waals surface area contributed by atoms with Crippen LogP contribution in [0.25, 0.3) is 0 Å². The number of hydrogen-bond donors (Lipinski definition) is 1. The second-order valence-electron chi connectivity index (χ2n) is 4.72. The maximum atomic E-state index is 12.3. The average molecular weight is 276 g/mol. The first kappa shape index (κ1) is 13.9. The zero-order valence-electron chi connectivity index (χ0n) is 11.3. The van der Waals surface area contributed by atoms with Crippen LogP contribution in [-0.2, 0) is 4.57 Å². The minimum Gasteiger partial charge on any atom is -0.421 e. The van der Waals surface area contributed by atoms with E-state index in [1.54, 1.807) is 30.3 Å². The maximum absolute atomic E-state index is 12.3. The Labute approximate surface area is 113 Å². The molecule has 3 nitrogen and oxygen atoms in total. The molecule has 0 aliphatic rings. The molecule has 0 aliphatic carbocycles. The molecule has 4 heteroatoms. The van der Waals surface area contributed by atoms with E-state index in [0.717, 1.165) is 16.7 Å². The first-order valence-corrected chi connectivity index (χ1v) is 7.63. The predicted molar refractivity (Wildman–Crippen MR) is 77.2 cm³/mol. The van der Waals surface area contributed by atoms with Crippen molar-refractivity contribution in [2.45, 2.75) is 20.8 Å². The van der Waals surface area contributed by atoms with Gasteiger partial charge >= 0.3 is 7.60 Å². The van der Waals surface area contributed by atoms with Crippen LogP contribution in [-0.4, -0.2) is 4.89 Å². The second kappa shape index (κ2) is 5.20. The van der Waals surface area contributed by atoms with Crippen LogP contribution < -0.4 is 9.83 Å². The molecule has 0 aliphatic heterocycles. The van der Waals surface area contributed by atoms with Gasteiger partial charge in [0.1, 0.15) is 5.75 Å². The van der Waals surface area contributed by atoms with Crippen molar-refractivity contribution in [1.82, 2.24) is 0 Å². The highest BCUT2D eigenvalue weighted by molar-refractivity contribution is 7.61. The molecular formula is C15H17O3P. The molecule has 0 aromatic heterocycles. The number of benzene rings is 2. The van der Waals surface area contributed by atoms with Crippen LogP contribution in [0.1, 0.15) is 16.7 Å². The van der Waals surface area contributed by atoms with Crippen LogP contribution in [0.15, 0.2) is 42.5 Å². The van der Waals surface area contributed by atoms with Gasteiger partial charge in [0.15, 0.2) is 0 Å². The third-order valence-electron chi connectivity index (χ3n) is 2.91. The lowest BCUT2D eigenvalue weighted by atomic mass is 10.1. The molecule has 100 valence electrons. The third kappa shape index (κ3) is 3.25. The summed E-state index contributed by atoms with van der Waals surface area (Å²) in [6, 6.07) is 12.3. The van der Waals surface area contributed by atoms with Gasteiger partial charge < -0.3 is 9.42 Å². The van der Waals surface area contributed by atoms with Crippen molar-refractivity contribution in [1.29, 1.82) is 0 Å². The first-order chi connectivity index (χ1) is 8.88. The summed E-state index contributed by atoms with van der Waals surface area (Å²) < 4.78 is 17.6. The fourth-order valence-electron chi connectivity index (χ4n) is 1.82. The minimum absolute atomic E-state index is 0.304. The average Bonchev–Trinajstić information content (AvgIpc) is 2.33. The molecule has 0 radical (unpaired) electrons. The van der Waals surface area contributed by atoms with E-state index < -0.39 is 7.60 Å². The maximum Gasteiger partial charge on any atom is 0.408 e. The Bertz CT molecular complexity index is 632. The Kier molecular flexibility index (Phi) is 3.79. The van der Waals surface area contributed by atoms with Gasteiger partial charge in [0.25, 0.3) is 0 Å². The minimum atomic E-state index is -3.83. The highest BCUT2D eigenvalue weighted by Gasteiger charge is 2.24. The summed E-state index contributed by atoms with van der Waals surface area (Å²) in [7, 11) is -3.83. The van der Waals surface area contributed by atoms with Gasteiger partial charge in [0, 0.05) is 0 Å². The molecule has 0 spiro atoms. The summed E-state index contributed by atoms with van der Waals surface area (Å²) in [6.45, 7) is 5.75. The molecule has 1 unspecified atom stereocenters. The number of hydrogen-bond acceptors (Lipinski definition) is 2. The van der Waals surface area contributed by atoms with E-state index in [0.29, 0.717) is 11.1 Å². The molecule has 1 N–H and O–H groups in total. The van der Waals surface area contributed by atoms with Gasteiger partial charge in [-0.2, -0.15) is 0 Å². The summed E-state index contributed by atoms with van der Waals surface area (Å²) in [5, 5.41) is 0.304. The quantitative estimate of drug-likeness (QED) is 0.873. The molecule has 2 aromatic carbocycles. The van der Waals surface area contributed by atoms with Gasteiger partial charge in [0.2, 0.25) is 0 Å². The van der Waals surface area contributed by atoms with E-state index in [9.17, 15) is 9.46 Å². The lowest BCUT2D eigenvalue weighted by Gasteiger charge is -2.15. The largest absolute Gasteiger partial charge is 0.421 e. The van der Waals surface area contributed by atoms with Gasteiger partial charge in [-0.15, -0.1) is 0 Å². The molecule has 0 amide bonds. The third-order valence-corrected chi connectivity index (χ3v) is 4.31. The van der Waals surface area contributed by atoms with Gasteiger partial charge in [-0.05, 0) is 44.5 Å². The van der Waals surface area contributed by atoms with Crippen LogP contribution in [0.4, 0.5) is 0 Å². The standard InChI is InChI=1S/C15H17O3P/c1-11-4-7-14(8-5-11)19(16,17)18-15-9-6-12(2)10-13(15)3/h4-10H,1-3H3,(H,16,17). The normalized spacial score (nSPS) is 13.9. The molecule has 0 saturated carbocycles. The van der Waals surface area contributed by atoms with Crippen molar-refractivity contribution in [2.75, 3.05) is 0 Å². The topological polar surface area (TPSA) is 46.5 Å². The summed E-state index contributed by atoms with van der Waals surface area (Å²) in [6.07, 6.45) is 0. The van der Waals surface area contributed by atoms with E-state index in [1.165, 1.54) is 0 Å². The zero-order valence-corrected chi connectivity index (χ0v) is 12.1. The molecule has 0 bridgehead atoms. The van der Waals surface area contributed by atoms with Crippen molar-refractivity contribution in [2.24, 2.45) is 0 Å². The molecule has 0 fully saturated rings. The van der Waals surface area contributed by atoms with Crippen LogP contribution in [0.2, 0.25) is 0 Å². The molecule has 2 aromatic rings. The lowest BCUT2D eigenvalue weighted by Crippen LogP contribution is -2.09. The van der Waals surface area contributed by atoms with E-state index >= 15 is 0 Å². The summed E-state index contributed by atoms with van der Waals surface area (Å²) in [4.78, 5) is 10.1. The summed E-state index contributed by atoms with van der Waals surface area (Å²) >= 11 is 0. The van der Waals surface area contributed by atoms with Crippen molar-refractivity contribution >= 4 is 12.9 Å². The van der Waals surface area contributed by atoms with Crippen molar-refractivity contribution in [3.8, 4) is 5.75 Å². The zero-order chi connectivity index (χ0) is 14.0. The number of rotatable bonds is 3. The molecular weight excluding hydrogens is 259 g/mol. The molecule has 19 heavy (non-hydrogen) atoms. The fraction of sp³-hybridized carbons (Fsp3) is 0.200. The monoisotopic (exact) mass is 276 g/mol.